The zero-order valence-electron chi connectivity index (χ0n) is 11.3. The number of nitrogens with zero attached hydrogens (tertiary/aromatic N) is 2. The minimum absolute atomic E-state index is 0.0125. The van der Waals surface area contributed by atoms with E-state index in [1.54, 1.807) is 29.4 Å². The van der Waals surface area contributed by atoms with Gasteiger partial charge in [-0.3, -0.25) is 4.79 Å². The van der Waals surface area contributed by atoms with Crippen molar-refractivity contribution in [1.82, 2.24) is 9.88 Å². The molecule has 6 heteroatoms. The highest BCUT2D eigenvalue weighted by molar-refractivity contribution is 7.14. The Bertz CT molecular complexity index is 663. The first-order chi connectivity index (χ1) is 9.60. The Hall–Kier alpha value is -1.68. The molecule has 0 aromatic carbocycles. The van der Waals surface area contributed by atoms with E-state index in [-0.39, 0.29) is 5.91 Å². The van der Waals surface area contributed by atoms with E-state index >= 15 is 0 Å². The van der Waals surface area contributed by atoms with Gasteiger partial charge in [0.25, 0.3) is 5.91 Å². The Kier molecular flexibility index (Phi) is 4.90. The van der Waals surface area contributed by atoms with Crippen molar-refractivity contribution < 1.29 is 4.79 Å². The van der Waals surface area contributed by atoms with Crippen LogP contribution in [0.2, 0.25) is 0 Å². The third-order valence-corrected chi connectivity index (χ3v) is 4.35. The van der Waals surface area contributed by atoms with E-state index in [1.807, 2.05) is 18.4 Å². The van der Waals surface area contributed by atoms with Gasteiger partial charge in [-0.15, -0.1) is 22.7 Å². The number of thiophene rings is 1. The molecule has 0 bridgehead atoms. The van der Waals surface area contributed by atoms with Gasteiger partial charge >= 0.3 is 0 Å². The average molecular weight is 305 g/mol. The molecule has 0 aliphatic rings. The van der Waals surface area contributed by atoms with Crippen LogP contribution in [-0.2, 0) is 6.54 Å². The summed E-state index contributed by atoms with van der Waals surface area (Å²) in [5.41, 5.74) is 6.25. The van der Waals surface area contributed by atoms with Gasteiger partial charge < -0.3 is 10.6 Å². The summed E-state index contributed by atoms with van der Waals surface area (Å²) >= 11 is 2.98. The first-order valence-corrected chi connectivity index (χ1v) is 7.75. The van der Waals surface area contributed by atoms with Crippen molar-refractivity contribution in [3.63, 3.8) is 0 Å². The van der Waals surface area contributed by atoms with E-state index in [0.717, 1.165) is 15.6 Å². The Morgan fingerprint density at radius 3 is 2.95 bits per heavy atom. The van der Waals surface area contributed by atoms with Crippen LogP contribution in [-0.4, -0.2) is 29.4 Å². The molecule has 4 nitrogen and oxygen atoms in total. The summed E-state index contributed by atoms with van der Waals surface area (Å²) in [5.74, 6) is 5.70. The summed E-state index contributed by atoms with van der Waals surface area (Å²) in [6.07, 6.45) is 0. The van der Waals surface area contributed by atoms with Gasteiger partial charge in [0.05, 0.1) is 33.5 Å². The third kappa shape index (κ3) is 3.67. The van der Waals surface area contributed by atoms with E-state index in [1.165, 1.54) is 11.3 Å². The number of rotatable bonds is 3. The molecule has 0 unspecified atom stereocenters. The molecule has 2 N–H and O–H groups in total. The average Bonchev–Trinajstić information content (AvgIpc) is 3.04. The summed E-state index contributed by atoms with van der Waals surface area (Å²) in [5, 5.41) is 2.99. The van der Waals surface area contributed by atoms with Crippen LogP contribution in [0.1, 0.15) is 25.3 Å². The van der Waals surface area contributed by atoms with Crippen LogP contribution in [0.5, 0.6) is 0 Å². The second-order valence-corrected chi connectivity index (χ2v) is 6.33. The van der Waals surface area contributed by atoms with Gasteiger partial charge in [-0.2, -0.15) is 0 Å². The number of hydrogen-bond acceptors (Lipinski definition) is 5. The van der Waals surface area contributed by atoms with Gasteiger partial charge in [-0.05, 0) is 19.1 Å². The van der Waals surface area contributed by atoms with E-state index in [9.17, 15) is 4.79 Å². The van der Waals surface area contributed by atoms with Gasteiger partial charge in [-0.1, -0.05) is 11.8 Å². The fourth-order valence-corrected chi connectivity index (χ4v) is 3.12. The minimum Gasteiger partial charge on any atom is -0.335 e. The lowest BCUT2D eigenvalue weighted by Gasteiger charge is -2.14. The van der Waals surface area contributed by atoms with Crippen LogP contribution in [0.4, 0.5) is 0 Å². The Morgan fingerprint density at radius 1 is 1.50 bits per heavy atom. The second-order valence-electron chi connectivity index (χ2n) is 4.19. The molecule has 2 aromatic heterocycles. The summed E-state index contributed by atoms with van der Waals surface area (Å²) in [4.78, 5) is 19.9. The Morgan fingerprint density at radius 2 is 2.30 bits per heavy atom. The predicted octanol–water partition coefficient (Wildman–Crippen LogP) is 2.10. The number of carbonyl (C=O) groups is 1. The van der Waals surface area contributed by atoms with Crippen molar-refractivity contribution in [3.8, 4) is 11.8 Å². The van der Waals surface area contributed by atoms with Crippen molar-refractivity contribution in [3.05, 3.63) is 38.0 Å². The number of amides is 1. The van der Waals surface area contributed by atoms with Crippen LogP contribution in [0.25, 0.3) is 0 Å². The van der Waals surface area contributed by atoms with E-state index < -0.39 is 0 Å². The zero-order valence-corrected chi connectivity index (χ0v) is 13.0. The Labute approximate surface area is 126 Å². The SMILES string of the molecule is Cc1nc(CN(C)C(=O)c2ccc(C#CCN)s2)cs1. The topological polar surface area (TPSA) is 59.2 Å². The van der Waals surface area contributed by atoms with Crippen LogP contribution in [0.15, 0.2) is 17.5 Å². The molecule has 2 heterocycles. The zero-order chi connectivity index (χ0) is 14.5. The van der Waals surface area contributed by atoms with Crippen molar-refractivity contribution in [2.24, 2.45) is 5.73 Å². The number of hydrogen-bond donors (Lipinski definition) is 1. The van der Waals surface area contributed by atoms with Crippen molar-refractivity contribution in [2.45, 2.75) is 13.5 Å². The maximum atomic E-state index is 12.3. The van der Waals surface area contributed by atoms with E-state index in [4.69, 9.17) is 5.73 Å². The third-order valence-electron chi connectivity index (χ3n) is 2.54. The first kappa shape index (κ1) is 14.7. The molecule has 0 fully saturated rings. The molecule has 0 aliphatic heterocycles. The highest BCUT2D eigenvalue weighted by Gasteiger charge is 2.15. The molecule has 0 saturated carbocycles. The van der Waals surface area contributed by atoms with Gasteiger partial charge in [0.15, 0.2) is 0 Å². The number of carbonyl (C=O) groups excluding carboxylic acids is 1. The monoisotopic (exact) mass is 305 g/mol. The van der Waals surface area contributed by atoms with Crippen molar-refractivity contribution in [2.75, 3.05) is 13.6 Å². The highest BCUT2D eigenvalue weighted by Crippen LogP contribution is 2.18. The standard InChI is InChI=1S/C14H15N3OS2/c1-10-16-11(9-19-10)8-17(2)14(18)13-6-5-12(20-13)4-3-7-15/h5-6,9H,7-8,15H2,1-2H3. The fraction of sp³-hybridized carbons (Fsp3) is 0.286. The molecular weight excluding hydrogens is 290 g/mol. The molecule has 0 atom stereocenters. The second kappa shape index (κ2) is 6.66. The molecule has 2 rings (SSSR count). The number of aryl methyl sites for hydroxylation is 1. The molecule has 20 heavy (non-hydrogen) atoms. The molecule has 2 aromatic rings. The largest absolute Gasteiger partial charge is 0.335 e. The maximum Gasteiger partial charge on any atom is 0.264 e. The van der Waals surface area contributed by atoms with Crippen LogP contribution < -0.4 is 5.73 Å². The van der Waals surface area contributed by atoms with Crippen molar-refractivity contribution >= 4 is 28.6 Å². The minimum atomic E-state index is -0.0125. The van der Waals surface area contributed by atoms with E-state index in [0.29, 0.717) is 18.0 Å². The van der Waals surface area contributed by atoms with Crippen LogP contribution >= 0.6 is 22.7 Å². The maximum absolute atomic E-state index is 12.3. The van der Waals surface area contributed by atoms with Gasteiger partial charge in [0.2, 0.25) is 0 Å². The van der Waals surface area contributed by atoms with Crippen molar-refractivity contribution in [1.29, 1.82) is 0 Å². The molecule has 0 spiro atoms. The first-order valence-electron chi connectivity index (χ1n) is 6.05. The van der Waals surface area contributed by atoms with Crippen LogP contribution in [0, 0.1) is 18.8 Å². The molecule has 0 saturated heterocycles. The van der Waals surface area contributed by atoms with Crippen LogP contribution in [0.3, 0.4) is 0 Å². The number of aromatic nitrogens is 1. The molecule has 0 aliphatic carbocycles. The number of nitrogens with two attached hydrogens (primary N) is 1. The lowest BCUT2D eigenvalue weighted by molar-refractivity contribution is 0.0788. The summed E-state index contributed by atoms with van der Waals surface area (Å²) in [7, 11) is 1.78. The molecule has 1 amide bonds. The molecular formula is C14H15N3OS2. The van der Waals surface area contributed by atoms with Gasteiger partial charge in [0, 0.05) is 12.4 Å². The Balaban J connectivity index is 2.04. The van der Waals surface area contributed by atoms with Gasteiger partial charge in [-0.25, -0.2) is 4.98 Å². The summed E-state index contributed by atoms with van der Waals surface area (Å²) < 4.78 is 0. The fourth-order valence-electron chi connectivity index (χ4n) is 1.64. The van der Waals surface area contributed by atoms with E-state index in [2.05, 4.69) is 16.8 Å². The number of thiazole rings is 1. The smallest absolute Gasteiger partial charge is 0.264 e. The summed E-state index contributed by atoms with van der Waals surface area (Å²) in [6.45, 7) is 2.80. The summed E-state index contributed by atoms with van der Waals surface area (Å²) in [6, 6.07) is 3.65. The molecule has 0 radical (unpaired) electrons. The molecule has 104 valence electrons. The van der Waals surface area contributed by atoms with Gasteiger partial charge in [0.1, 0.15) is 0 Å². The normalized spacial score (nSPS) is 9.95. The lowest BCUT2D eigenvalue weighted by Crippen LogP contribution is -2.25. The predicted molar refractivity (Wildman–Crippen MR) is 82.9 cm³/mol. The lowest BCUT2D eigenvalue weighted by atomic mass is 10.3. The highest BCUT2D eigenvalue weighted by atomic mass is 32.1. The quantitative estimate of drug-likeness (QED) is 0.883.